The predicted molar refractivity (Wildman–Crippen MR) is 75.3 cm³/mol. The quantitative estimate of drug-likeness (QED) is 0.813. The van der Waals surface area contributed by atoms with Crippen molar-refractivity contribution in [2.45, 2.75) is 32.9 Å². The number of hydrogen-bond acceptors (Lipinski definition) is 1. The van der Waals surface area contributed by atoms with Crippen LogP contribution in [0.15, 0.2) is 43.0 Å². The number of amides is 2. The van der Waals surface area contributed by atoms with Gasteiger partial charge in [-0.25, -0.2) is 4.79 Å². The van der Waals surface area contributed by atoms with Gasteiger partial charge in [-0.15, -0.1) is 6.58 Å². The third-order valence-corrected chi connectivity index (χ3v) is 2.65. The molecule has 3 nitrogen and oxygen atoms in total. The van der Waals surface area contributed by atoms with Crippen LogP contribution in [0, 0.1) is 0 Å². The fourth-order valence-electron chi connectivity index (χ4n) is 1.66. The Morgan fingerprint density at radius 2 is 1.94 bits per heavy atom. The first kappa shape index (κ1) is 14.3. The van der Waals surface area contributed by atoms with Crippen molar-refractivity contribution >= 4 is 6.03 Å². The van der Waals surface area contributed by atoms with Gasteiger partial charge < -0.3 is 10.2 Å². The molecule has 0 saturated heterocycles. The third kappa shape index (κ3) is 4.24. The van der Waals surface area contributed by atoms with Gasteiger partial charge in [0.2, 0.25) is 0 Å². The van der Waals surface area contributed by atoms with E-state index in [0.717, 1.165) is 5.56 Å². The summed E-state index contributed by atoms with van der Waals surface area (Å²) in [6, 6.07) is 9.82. The number of rotatable bonds is 4. The SMILES string of the molecule is C=CCN(C(=O)NCc1ccccc1)C(C)(C)C. The summed E-state index contributed by atoms with van der Waals surface area (Å²) in [5.74, 6) is 0. The van der Waals surface area contributed by atoms with Crippen molar-refractivity contribution in [2.75, 3.05) is 6.54 Å². The van der Waals surface area contributed by atoms with E-state index >= 15 is 0 Å². The third-order valence-electron chi connectivity index (χ3n) is 2.65. The fraction of sp³-hybridized carbons (Fsp3) is 0.400. The Morgan fingerprint density at radius 1 is 1.33 bits per heavy atom. The van der Waals surface area contributed by atoms with Crippen LogP contribution in [-0.2, 0) is 6.54 Å². The molecule has 3 heteroatoms. The van der Waals surface area contributed by atoms with Gasteiger partial charge in [0.15, 0.2) is 0 Å². The molecule has 2 amide bonds. The van der Waals surface area contributed by atoms with Gasteiger partial charge in [0.25, 0.3) is 0 Å². The van der Waals surface area contributed by atoms with E-state index in [1.54, 1.807) is 11.0 Å². The average molecular weight is 246 g/mol. The minimum Gasteiger partial charge on any atom is -0.334 e. The summed E-state index contributed by atoms with van der Waals surface area (Å²) in [6.07, 6.45) is 1.74. The van der Waals surface area contributed by atoms with Crippen LogP contribution in [0.25, 0.3) is 0 Å². The minimum atomic E-state index is -0.213. The largest absolute Gasteiger partial charge is 0.334 e. The highest BCUT2D eigenvalue weighted by Crippen LogP contribution is 2.13. The van der Waals surface area contributed by atoms with Crippen molar-refractivity contribution in [1.82, 2.24) is 10.2 Å². The van der Waals surface area contributed by atoms with E-state index in [-0.39, 0.29) is 11.6 Å². The molecule has 0 fully saturated rings. The average Bonchev–Trinajstić information content (AvgIpc) is 2.33. The second-order valence-electron chi connectivity index (χ2n) is 5.21. The molecule has 0 saturated carbocycles. The van der Waals surface area contributed by atoms with Crippen molar-refractivity contribution in [3.63, 3.8) is 0 Å². The van der Waals surface area contributed by atoms with Crippen LogP contribution in [0.2, 0.25) is 0 Å². The van der Waals surface area contributed by atoms with Gasteiger partial charge >= 0.3 is 6.03 Å². The Kier molecular flexibility index (Phi) is 4.95. The number of nitrogens with one attached hydrogen (secondary N) is 1. The summed E-state index contributed by atoms with van der Waals surface area (Å²) in [5.41, 5.74) is 0.882. The Balaban J connectivity index is 2.60. The van der Waals surface area contributed by atoms with Gasteiger partial charge in [-0.05, 0) is 26.3 Å². The van der Waals surface area contributed by atoms with Gasteiger partial charge in [-0.3, -0.25) is 0 Å². The maximum Gasteiger partial charge on any atom is 0.318 e. The van der Waals surface area contributed by atoms with Gasteiger partial charge in [-0.2, -0.15) is 0 Å². The zero-order valence-electron chi connectivity index (χ0n) is 11.4. The molecule has 0 radical (unpaired) electrons. The van der Waals surface area contributed by atoms with Crippen LogP contribution >= 0.6 is 0 Å². The Morgan fingerprint density at radius 3 is 2.44 bits per heavy atom. The van der Waals surface area contributed by atoms with Crippen LogP contribution in [0.3, 0.4) is 0 Å². The van der Waals surface area contributed by atoms with Gasteiger partial charge in [-0.1, -0.05) is 36.4 Å². The summed E-state index contributed by atoms with van der Waals surface area (Å²) in [6.45, 7) is 10.8. The maximum atomic E-state index is 12.1. The normalized spacial score (nSPS) is 10.8. The number of carbonyl (C=O) groups excluding carboxylic acids is 1. The second-order valence-corrected chi connectivity index (χ2v) is 5.21. The predicted octanol–water partition coefficient (Wildman–Crippen LogP) is 3.18. The van der Waals surface area contributed by atoms with E-state index in [2.05, 4.69) is 11.9 Å². The highest BCUT2D eigenvalue weighted by molar-refractivity contribution is 5.75. The molecule has 98 valence electrons. The summed E-state index contributed by atoms with van der Waals surface area (Å²) < 4.78 is 0. The van der Waals surface area contributed by atoms with E-state index in [0.29, 0.717) is 13.1 Å². The van der Waals surface area contributed by atoms with E-state index in [1.165, 1.54) is 0 Å². The number of benzene rings is 1. The first-order chi connectivity index (χ1) is 8.45. The molecular formula is C15H22N2O. The molecule has 0 heterocycles. The molecule has 1 aromatic rings. The second kappa shape index (κ2) is 6.24. The summed E-state index contributed by atoms with van der Waals surface area (Å²) in [7, 11) is 0. The Hall–Kier alpha value is -1.77. The number of carbonyl (C=O) groups is 1. The van der Waals surface area contributed by atoms with Crippen LogP contribution in [0.5, 0.6) is 0 Å². The molecule has 18 heavy (non-hydrogen) atoms. The first-order valence-electron chi connectivity index (χ1n) is 6.15. The van der Waals surface area contributed by atoms with Crippen LogP contribution in [-0.4, -0.2) is 23.0 Å². The molecule has 0 aliphatic rings. The lowest BCUT2D eigenvalue weighted by atomic mass is 10.1. The van der Waals surface area contributed by atoms with Crippen LogP contribution < -0.4 is 5.32 Å². The lowest BCUT2D eigenvalue weighted by Crippen LogP contribution is -2.50. The minimum absolute atomic E-state index is 0.0637. The summed E-state index contributed by atoms with van der Waals surface area (Å²) >= 11 is 0. The van der Waals surface area contributed by atoms with Crippen molar-refractivity contribution in [3.8, 4) is 0 Å². The van der Waals surface area contributed by atoms with E-state index < -0.39 is 0 Å². The van der Waals surface area contributed by atoms with Crippen molar-refractivity contribution in [3.05, 3.63) is 48.6 Å². The molecule has 1 aromatic carbocycles. The van der Waals surface area contributed by atoms with Crippen molar-refractivity contribution in [1.29, 1.82) is 0 Å². The molecule has 0 unspecified atom stereocenters. The molecule has 0 aliphatic carbocycles. The molecule has 0 bridgehead atoms. The highest BCUT2D eigenvalue weighted by Gasteiger charge is 2.24. The highest BCUT2D eigenvalue weighted by atomic mass is 16.2. The van der Waals surface area contributed by atoms with Gasteiger partial charge in [0.05, 0.1) is 0 Å². The first-order valence-corrected chi connectivity index (χ1v) is 6.15. The molecule has 0 spiro atoms. The molecule has 1 N–H and O–H groups in total. The van der Waals surface area contributed by atoms with Crippen molar-refractivity contribution < 1.29 is 4.79 Å². The van der Waals surface area contributed by atoms with Crippen LogP contribution in [0.4, 0.5) is 4.79 Å². The Labute approximate surface area is 109 Å². The van der Waals surface area contributed by atoms with Crippen LogP contribution in [0.1, 0.15) is 26.3 Å². The van der Waals surface area contributed by atoms with Gasteiger partial charge in [0.1, 0.15) is 0 Å². The number of hydrogen-bond donors (Lipinski definition) is 1. The lowest BCUT2D eigenvalue weighted by molar-refractivity contribution is 0.154. The van der Waals surface area contributed by atoms with E-state index in [4.69, 9.17) is 0 Å². The van der Waals surface area contributed by atoms with E-state index in [1.807, 2.05) is 51.1 Å². The van der Waals surface area contributed by atoms with E-state index in [9.17, 15) is 4.79 Å². The smallest absolute Gasteiger partial charge is 0.318 e. The molecule has 0 aliphatic heterocycles. The zero-order valence-corrected chi connectivity index (χ0v) is 11.4. The summed E-state index contributed by atoms with van der Waals surface area (Å²) in [5, 5.41) is 2.93. The standard InChI is InChI=1S/C15H22N2O/c1-5-11-17(15(2,3)4)14(18)16-12-13-9-7-6-8-10-13/h5-10H,1,11-12H2,2-4H3,(H,16,18). The zero-order chi connectivity index (χ0) is 13.6. The van der Waals surface area contributed by atoms with Gasteiger partial charge in [0, 0.05) is 18.6 Å². The Bertz CT molecular complexity index is 393. The maximum absolute atomic E-state index is 12.1. The summed E-state index contributed by atoms with van der Waals surface area (Å²) in [4.78, 5) is 13.9. The monoisotopic (exact) mass is 246 g/mol. The van der Waals surface area contributed by atoms with Crippen molar-refractivity contribution in [2.24, 2.45) is 0 Å². The lowest BCUT2D eigenvalue weighted by Gasteiger charge is -2.34. The topological polar surface area (TPSA) is 32.3 Å². The number of urea groups is 1. The molecule has 1 rings (SSSR count). The molecular weight excluding hydrogens is 224 g/mol. The molecule has 0 atom stereocenters. The number of nitrogens with zero attached hydrogens (tertiary/aromatic N) is 1. The molecule has 0 aromatic heterocycles. The fourth-order valence-corrected chi connectivity index (χ4v) is 1.66.